The summed E-state index contributed by atoms with van der Waals surface area (Å²) in [5, 5.41) is 2.73. The molecule has 3 rings (SSSR count). The van der Waals surface area contributed by atoms with Crippen LogP contribution in [-0.2, 0) is 25.7 Å². The molecule has 1 aliphatic rings. The number of nitrogens with zero attached hydrogens (tertiary/aromatic N) is 1. The van der Waals surface area contributed by atoms with Gasteiger partial charge in [-0.05, 0) is 38.2 Å². The van der Waals surface area contributed by atoms with Gasteiger partial charge in [-0.2, -0.15) is 0 Å². The summed E-state index contributed by atoms with van der Waals surface area (Å²) in [6.45, 7) is 5.73. The molecule has 1 amide bonds. The summed E-state index contributed by atoms with van der Waals surface area (Å²) in [6.07, 6.45) is 5.54. The lowest BCUT2D eigenvalue weighted by Crippen LogP contribution is -2.43. The van der Waals surface area contributed by atoms with Crippen LogP contribution in [0.4, 0.5) is 0 Å². The van der Waals surface area contributed by atoms with E-state index < -0.39 is 23.9 Å². The molecule has 0 radical (unpaired) electrons. The van der Waals surface area contributed by atoms with Crippen LogP contribution in [0.2, 0.25) is 0 Å². The summed E-state index contributed by atoms with van der Waals surface area (Å²) < 4.78 is 22.7. The van der Waals surface area contributed by atoms with E-state index in [1.165, 1.54) is 26.3 Å². The molecule has 4 atom stereocenters. The molecule has 1 aromatic carbocycles. The maximum Gasteiger partial charge on any atom is 0.328 e. The van der Waals surface area contributed by atoms with Crippen molar-refractivity contribution in [3.8, 4) is 11.5 Å². The number of pyridine rings is 1. The van der Waals surface area contributed by atoms with Crippen molar-refractivity contribution in [3.63, 3.8) is 0 Å². The van der Waals surface area contributed by atoms with Crippen LogP contribution in [-0.4, -0.2) is 48.2 Å². The van der Waals surface area contributed by atoms with E-state index in [4.69, 9.17) is 18.9 Å². The van der Waals surface area contributed by atoms with Gasteiger partial charge in [-0.15, -0.1) is 0 Å². The molecule has 9 nitrogen and oxygen atoms in total. The Hall–Kier alpha value is -3.46. The number of benzene rings is 1. The fraction of sp³-hybridized carbons (Fsp3) is 0.517. The minimum atomic E-state index is -0.886. The molecule has 9 heteroatoms. The van der Waals surface area contributed by atoms with Crippen molar-refractivity contribution in [3.05, 3.63) is 53.9 Å². The molecule has 0 bridgehead atoms. The number of hydrogen-bond donors (Lipinski definition) is 1. The van der Waals surface area contributed by atoms with Crippen molar-refractivity contribution >= 4 is 17.8 Å². The maximum atomic E-state index is 13.2. The monoisotopic (exact) mass is 526 g/mol. The van der Waals surface area contributed by atoms with E-state index in [2.05, 4.69) is 17.2 Å². The van der Waals surface area contributed by atoms with E-state index in [1.807, 2.05) is 37.3 Å². The van der Waals surface area contributed by atoms with Crippen molar-refractivity contribution in [1.29, 1.82) is 0 Å². The van der Waals surface area contributed by atoms with Crippen LogP contribution in [0.15, 0.2) is 42.6 Å². The van der Waals surface area contributed by atoms with Crippen molar-refractivity contribution < 1.29 is 33.3 Å². The molecule has 38 heavy (non-hydrogen) atoms. The van der Waals surface area contributed by atoms with Gasteiger partial charge in [0, 0.05) is 25.1 Å². The number of cyclic esters (lactones) is 1. The Bertz CT molecular complexity index is 1080. The molecular formula is C29H38N2O7. The SMILES string of the molecule is CCCC[C@H]1[C@H](C)OC(=O)C(NC(=O)c2nccc(OC)c2OC(C)=O)CCC[C@@H]1OCc1ccccc1. The molecule has 0 aliphatic carbocycles. The number of aromatic nitrogens is 1. The quantitative estimate of drug-likeness (QED) is 0.446. The number of hydrogen-bond acceptors (Lipinski definition) is 8. The highest BCUT2D eigenvalue weighted by Crippen LogP contribution is 2.31. The van der Waals surface area contributed by atoms with Crippen molar-refractivity contribution in [2.45, 2.75) is 84.2 Å². The van der Waals surface area contributed by atoms with Crippen LogP contribution in [0.25, 0.3) is 0 Å². The first kappa shape index (κ1) is 29.1. The normalized spacial score (nSPS) is 21.8. The molecule has 0 saturated carbocycles. The number of methoxy groups -OCH3 is 1. The largest absolute Gasteiger partial charge is 0.493 e. The average Bonchev–Trinajstić information content (AvgIpc) is 2.95. The highest BCUT2D eigenvalue weighted by atomic mass is 16.6. The van der Waals surface area contributed by atoms with Gasteiger partial charge in [0.25, 0.3) is 5.91 Å². The van der Waals surface area contributed by atoms with Crippen molar-refractivity contribution in [2.75, 3.05) is 7.11 Å². The van der Waals surface area contributed by atoms with Gasteiger partial charge >= 0.3 is 11.9 Å². The number of unbranched alkanes of at least 4 members (excludes halogenated alkanes) is 1. The number of carbonyl (C=O) groups is 3. The van der Waals surface area contributed by atoms with E-state index in [9.17, 15) is 14.4 Å². The highest BCUT2D eigenvalue weighted by Gasteiger charge is 2.35. The Labute approximate surface area is 224 Å². The second kappa shape index (κ2) is 14.5. The molecule has 1 unspecified atom stereocenters. The highest BCUT2D eigenvalue weighted by molar-refractivity contribution is 5.98. The zero-order valence-electron chi connectivity index (χ0n) is 22.6. The molecule has 1 N–H and O–H groups in total. The molecule has 2 heterocycles. The fourth-order valence-corrected chi connectivity index (χ4v) is 4.71. The zero-order valence-corrected chi connectivity index (χ0v) is 22.6. The van der Waals surface area contributed by atoms with Crippen LogP contribution in [0.1, 0.15) is 75.3 Å². The summed E-state index contributed by atoms with van der Waals surface area (Å²) >= 11 is 0. The van der Waals surface area contributed by atoms with Crippen molar-refractivity contribution in [2.24, 2.45) is 5.92 Å². The van der Waals surface area contributed by atoms with E-state index in [0.29, 0.717) is 19.4 Å². The number of carbonyl (C=O) groups excluding carboxylic acids is 3. The Morgan fingerprint density at radius 3 is 2.61 bits per heavy atom. The van der Waals surface area contributed by atoms with E-state index >= 15 is 0 Å². The number of amides is 1. The average molecular weight is 527 g/mol. The first-order valence-electron chi connectivity index (χ1n) is 13.2. The molecule has 206 valence electrons. The van der Waals surface area contributed by atoms with Gasteiger partial charge in [0.15, 0.2) is 11.4 Å². The lowest BCUT2D eigenvalue weighted by Gasteiger charge is -2.31. The molecule has 1 aromatic heterocycles. The summed E-state index contributed by atoms with van der Waals surface area (Å²) in [7, 11) is 1.40. The van der Waals surface area contributed by atoms with Crippen LogP contribution in [0.5, 0.6) is 11.5 Å². The Kier molecular flexibility index (Phi) is 11.1. The van der Waals surface area contributed by atoms with Gasteiger partial charge in [-0.1, -0.05) is 50.1 Å². The van der Waals surface area contributed by atoms with Gasteiger partial charge in [0.2, 0.25) is 5.75 Å². The summed E-state index contributed by atoms with van der Waals surface area (Å²) in [4.78, 5) is 42.0. The van der Waals surface area contributed by atoms with E-state index in [1.54, 1.807) is 0 Å². The first-order chi connectivity index (χ1) is 18.3. The first-order valence-corrected chi connectivity index (χ1v) is 13.2. The third kappa shape index (κ3) is 8.02. The standard InChI is InChI=1S/C29H38N2O7/c1-5-6-13-22-19(2)37-29(34)23(14-10-15-24(22)36-18-21-11-8-7-9-12-21)31-28(33)26-27(38-20(3)32)25(35-4)16-17-30-26/h7-9,11-12,16-17,19,22-24H,5-6,10,13-15,18H2,1-4H3,(H,31,33)/t19-,22-,23?,24-/m0/s1. The predicted molar refractivity (Wildman–Crippen MR) is 141 cm³/mol. The molecule has 2 aromatic rings. The molecular weight excluding hydrogens is 488 g/mol. The summed E-state index contributed by atoms with van der Waals surface area (Å²) in [6, 6.07) is 10.6. The van der Waals surface area contributed by atoms with Crippen LogP contribution < -0.4 is 14.8 Å². The fourth-order valence-electron chi connectivity index (χ4n) is 4.71. The van der Waals surface area contributed by atoms with Gasteiger partial charge in [-0.3, -0.25) is 9.59 Å². The van der Waals surface area contributed by atoms with Gasteiger partial charge in [0.05, 0.1) is 19.8 Å². The smallest absolute Gasteiger partial charge is 0.328 e. The summed E-state index contributed by atoms with van der Waals surface area (Å²) in [5.41, 5.74) is 0.941. The van der Waals surface area contributed by atoms with Gasteiger partial charge in [-0.25, -0.2) is 9.78 Å². The molecule has 0 spiro atoms. The second-order valence-electron chi connectivity index (χ2n) is 9.52. The van der Waals surface area contributed by atoms with E-state index in [0.717, 1.165) is 31.2 Å². The third-order valence-electron chi connectivity index (χ3n) is 6.70. The van der Waals surface area contributed by atoms with Crippen LogP contribution >= 0.6 is 0 Å². The van der Waals surface area contributed by atoms with Crippen molar-refractivity contribution in [1.82, 2.24) is 10.3 Å². The van der Waals surface area contributed by atoms with Gasteiger partial charge < -0.3 is 24.3 Å². The number of nitrogens with one attached hydrogen (secondary N) is 1. The second-order valence-corrected chi connectivity index (χ2v) is 9.52. The van der Waals surface area contributed by atoms with Crippen LogP contribution in [0.3, 0.4) is 0 Å². The Morgan fingerprint density at radius 1 is 1.16 bits per heavy atom. The molecule has 1 fully saturated rings. The predicted octanol–water partition coefficient (Wildman–Crippen LogP) is 4.62. The maximum absolute atomic E-state index is 13.2. The lowest BCUT2D eigenvalue weighted by molar-refractivity contribution is -0.156. The topological polar surface area (TPSA) is 113 Å². The minimum absolute atomic E-state index is 0.0349. The van der Waals surface area contributed by atoms with Gasteiger partial charge in [0.1, 0.15) is 12.1 Å². The Morgan fingerprint density at radius 2 is 1.92 bits per heavy atom. The minimum Gasteiger partial charge on any atom is -0.493 e. The Balaban J connectivity index is 1.76. The lowest BCUT2D eigenvalue weighted by atomic mass is 9.88. The molecule has 1 aliphatic heterocycles. The van der Waals surface area contributed by atoms with E-state index in [-0.39, 0.29) is 35.3 Å². The number of ether oxygens (including phenoxy) is 4. The third-order valence-corrected chi connectivity index (χ3v) is 6.70. The number of rotatable bonds is 10. The van der Waals surface area contributed by atoms with Crippen LogP contribution in [0, 0.1) is 5.92 Å². The number of esters is 2. The zero-order chi connectivity index (χ0) is 27.5. The molecule has 1 saturated heterocycles. The summed E-state index contributed by atoms with van der Waals surface area (Å²) in [5.74, 6) is -1.67.